The fraction of sp³-hybridized carbons (Fsp3) is 0.208. The van der Waals surface area contributed by atoms with Crippen LogP contribution in [-0.2, 0) is 11.2 Å². The normalized spacial score (nSPS) is 10.4. The molecule has 0 spiro atoms. The molecule has 0 heterocycles. The number of aliphatic carboxylic acids is 1. The molecule has 0 aliphatic rings. The fourth-order valence-electron chi connectivity index (χ4n) is 2.99. The molecular formula is C24H24O5. The van der Waals surface area contributed by atoms with Gasteiger partial charge in [0.15, 0.2) is 11.5 Å². The predicted molar refractivity (Wildman–Crippen MR) is 112 cm³/mol. The second-order valence-electron chi connectivity index (χ2n) is 6.44. The van der Waals surface area contributed by atoms with Crippen molar-refractivity contribution < 1.29 is 24.1 Å². The Balaban J connectivity index is 1.61. The molecule has 0 saturated heterocycles. The molecule has 0 saturated carbocycles. The number of rotatable bonds is 10. The van der Waals surface area contributed by atoms with E-state index in [4.69, 9.17) is 19.3 Å². The van der Waals surface area contributed by atoms with Crippen LogP contribution in [0.15, 0.2) is 72.8 Å². The zero-order valence-electron chi connectivity index (χ0n) is 16.3. The Morgan fingerprint density at radius 2 is 1.52 bits per heavy atom. The first-order chi connectivity index (χ1) is 14.2. The van der Waals surface area contributed by atoms with E-state index >= 15 is 0 Å². The van der Waals surface area contributed by atoms with Crippen LogP contribution in [-0.4, -0.2) is 31.4 Å². The minimum atomic E-state index is -0.825. The highest BCUT2D eigenvalue weighted by molar-refractivity contribution is 5.70. The Bertz CT molecular complexity index is 937. The average molecular weight is 392 g/mol. The minimum Gasteiger partial charge on any atom is -0.493 e. The largest absolute Gasteiger partial charge is 0.493 e. The van der Waals surface area contributed by atoms with E-state index in [-0.39, 0.29) is 6.42 Å². The lowest BCUT2D eigenvalue weighted by molar-refractivity contribution is -0.136. The number of carboxylic acid groups (broad SMARTS) is 1. The molecule has 0 radical (unpaired) electrons. The predicted octanol–water partition coefficient (Wildman–Crippen LogP) is 4.84. The second kappa shape index (κ2) is 10.2. The average Bonchev–Trinajstić information content (AvgIpc) is 2.76. The molecule has 0 atom stereocenters. The maximum absolute atomic E-state index is 10.8. The maximum atomic E-state index is 10.8. The summed E-state index contributed by atoms with van der Waals surface area (Å²) < 4.78 is 17.1. The first kappa shape index (κ1) is 20.3. The first-order valence-electron chi connectivity index (χ1n) is 9.46. The van der Waals surface area contributed by atoms with E-state index in [1.807, 2.05) is 66.7 Å². The fourth-order valence-corrected chi connectivity index (χ4v) is 2.99. The number of ether oxygens (including phenoxy) is 3. The van der Waals surface area contributed by atoms with Crippen molar-refractivity contribution in [3.8, 4) is 28.4 Å². The van der Waals surface area contributed by atoms with E-state index in [0.717, 1.165) is 22.4 Å². The molecule has 150 valence electrons. The lowest BCUT2D eigenvalue weighted by Gasteiger charge is -2.14. The summed E-state index contributed by atoms with van der Waals surface area (Å²) in [4.78, 5) is 10.8. The van der Waals surface area contributed by atoms with Crippen molar-refractivity contribution in [3.63, 3.8) is 0 Å². The van der Waals surface area contributed by atoms with Crippen LogP contribution in [0.5, 0.6) is 17.2 Å². The van der Waals surface area contributed by atoms with Crippen LogP contribution in [0.4, 0.5) is 0 Å². The summed E-state index contributed by atoms with van der Waals surface area (Å²) in [5, 5.41) is 8.86. The topological polar surface area (TPSA) is 65.0 Å². The third kappa shape index (κ3) is 5.75. The van der Waals surface area contributed by atoms with Gasteiger partial charge in [0.2, 0.25) is 0 Å². The third-order valence-electron chi connectivity index (χ3n) is 4.43. The van der Waals surface area contributed by atoms with Crippen molar-refractivity contribution in [2.24, 2.45) is 0 Å². The first-order valence-corrected chi connectivity index (χ1v) is 9.46. The molecule has 1 N–H and O–H groups in total. The number of benzene rings is 3. The highest BCUT2D eigenvalue weighted by Gasteiger charge is 2.09. The van der Waals surface area contributed by atoms with Gasteiger partial charge in [0.1, 0.15) is 19.0 Å². The summed E-state index contributed by atoms with van der Waals surface area (Å²) in [7, 11) is 1.58. The molecular weight excluding hydrogens is 368 g/mol. The Morgan fingerprint density at radius 1 is 0.828 bits per heavy atom. The number of hydrogen-bond donors (Lipinski definition) is 1. The molecule has 3 aromatic rings. The Morgan fingerprint density at radius 3 is 2.24 bits per heavy atom. The van der Waals surface area contributed by atoms with E-state index in [9.17, 15) is 4.79 Å². The molecule has 5 heteroatoms. The monoisotopic (exact) mass is 392 g/mol. The molecule has 3 rings (SSSR count). The molecule has 0 fully saturated rings. The van der Waals surface area contributed by atoms with Gasteiger partial charge in [0, 0.05) is 12.0 Å². The molecule has 0 aliphatic heterocycles. The van der Waals surface area contributed by atoms with Gasteiger partial charge in [-0.25, -0.2) is 0 Å². The number of para-hydroxylation sites is 1. The number of aryl methyl sites for hydroxylation is 1. The molecule has 3 aromatic carbocycles. The van der Waals surface area contributed by atoms with Crippen LogP contribution in [0.3, 0.4) is 0 Å². The second-order valence-corrected chi connectivity index (χ2v) is 6.44. The lowest BCUT2D eigenvalue weighted by atomic mass is 10.1. The van der Waals surface area contributed by atoms with E-state index in [2.05, 4.69) is 0 Å². The van der Waals surface area contributed by atoms with Gasteiger partial charge in [-0.3, -0.25) is 4.79 Å². The number of hydrogen-bond acceptors (Lipinski definition) is 4. The molecule has 5 nitrogen and oxygen atoms in total. The summed E-state index contributed by atoms with van der Waals surface area (Å²) in [5.74, 6) is 1.15. The number of carboxylic acids is 1. The van der Waals surface area contributed by atoms with Gasteiger partial charge in [-0.15, -0.1) is 0 Å². The lowest BCUT2D eigenvalue weighted by Crippen LogP contribution is -2.10. The molecule has 0 bridgehead atoms. The van der Waals surface area contributed by atoms with Crippen molar-refractivity contribution >= 4 is 5.97 Å². The van der Waals surface area contributed by atoms with Gasteiger partial charge in [0.25, 0.3) is 0 Å². The van der Waals surface area contributed by atoms with Crippen molar-refractivity contribution in [3.05, 3.63) is 78.4 Å². The molecule has 0 aliphatic carbocycles. The van der Waals surface area contributed by atoms with Crippen molar-refractivity contribution in [1.29, 1.82) is 0 Å². The van der Waals surface area contributed by atoms with Crippen LogP contribution in [0.25, 0.3) is 11.1 Å². The van der Waals surface area contributed by atoms with Gasteiger partial charge < -0.3 is 19.3 Å². The zero-order valence-corrected chi connectivity index (χ0v) is 16.3. The Labute approximate surface area is 170 Å². The molecule has 0 aromatic heterocycles. The van der Waals surface area contributed by atoms with Gasteiger partial charge >= 0.3 is 5.97 Å². The zero-order chi connectivity index (χ0) is 20.5. The van der Waals surface area contributed by atoms with Crippen molar-refractivity contribution in [1.82, 2.24) is 0 Å². The molecule has 0 unspecified atom stereocenters. The number of methoxy groups -OCH3 is 1. The van der Waals surface area contributed by atoms with Crippen molar-refractivity contribution in [2.45, 2.75) is 12.8 Å². The standard InChI is InChI=1S/C24H24O5/c1-27-22-13-11-18(12-14-24(25)26)17-23(22)29-16-15-28-21-10-6-5-9-20(21)19-7-3-2-4-8-19/h2-11,13,17H,12,14-16H2,1H3,(H,25,26). The van der Waals surface area contributed by atoms with Gasteiger partial charge in [-0.05, 0) is 35.7 Å². The molecule has 29 heavy (non-hydrogen) atoms. The van der Waals surface area contributed by atoms with Gasteiger partial charge in [-0.1, -0.05) is 54.6 Å². The van der Waals surface area contributed by atoms with E-state index in [1.54, 1.807) is 13.2 Å². The van der Waals surface area contributed by atoms with E-state index in [1.165, 1.54) is 0 Å². The summed E-state index contributed by atoms with van der Waals surface area (Å²) in [6.07, 6.45) is 0.516. The van der Waals surface area contributed by atoms with Crippen LogP contribution >= 0.6 is 0 Å². The van der Waals surface area contributed by atoms with Crippen LogP contribution in [0, 0.1) is 0 Å². The van der Waals surface area contributed by atoms with Gasteiger partial charge in [0.05, 0.1) is 7.11 Å². The number of carbonyl (C=O) groups is 1. The Hall–Kier alpha value is -3.47. The third-order valence-corrected chi connectivity index (χ3v) is 4.43. The summed E-state index contributed by atoms with van der Waals surface area (Å²) in [5.41, 5.74) is 3.01. The molecule has 0 amide bonds. The minimum absolute atomic E-state index is 0.0746. The van der Waals surface area contributed by atoms with Gasteiger partial charge in [-0.2, -0.15) is 0 Å². The highest BCUT2D eigenvalue weighted by Crippen LogP contribution is 2.30. The Kier molecular flexibility index (Phi) is 7.11. The van der Waals surface area contributed by atoms with Crippen LogP contribution in [0.1, 0.15) is 12.0 Å². The van der Waals surface area contributed by atoms with Crippen LogP contribution < -0.4 is 14.2 Å². The summed E-state index contributed by atoms with van der Waals surface area (Å²) in [6, 6.07) is 23.4. The maximum Gasteiger partial charge on any atom is 0.303 e. The quantitative estimate of drug-likeness (QED) is 0.500. The smallest absolute Gasteiger partial charge is 0.303 e. The SMILES string of the molecule is COc1ccc(CCC(=O)O)cc1OCCOc1ccccc1-c1ccccc1. The van der Waals surface area contributed by atoms with E-state index < -0.39 is 5.97 Å². The highest BCUT2D eigenvalue weighted by atomic mass is 16.5. The summed E-state index contributed by atoms with van der Waals surface area (Å²) in [6.45, 7) is 0.703. The van der Waals surface area contributed by atoms with Crippen molar-refractivity contribution in [2.75, 3.05) is 20.3 Å². The van der Waals surface area contributed by atoms with Crippen LogP contribution in [0.2, 0.25) is 0 Å². The van der Waals surface area contributed by atoms with E-state index in [0.29, 0.717) is 31.1 Å². The summed E-state index contributed by atoms with van der Waals surface area (Å²) >= 11 is 0.